The van der Waals surface area contributed by atoms with Gasteiger partial charge in [-0.1, -0.05) is 18.2 Å². The molecule has 5 rings (SSSR count). The van der Waals surface area contributed by atoms with Crippen molar-refractivity contribution in [2.24, 2.45) is 0 Å². The number of rotatable bonds is 7. The second kappa shape index (κ2) is 10.5. The maximum atomic E-state index is 13.3. The quantitative estimate of drug-likeness (QED) is 0.275. The lowest BCUT2D eigenvalue weighted by Crippen LogP contribution is -2.46. The second-order valence-corrected chi connectivity index (χ2v) is 9.16. The number of fused-ring (bicyclic) bond motifs is 1. The minimum Gasteiger partial charge on any atom is -0.493 e. The molecule has 0 atom stereocenters. The topological polar surface area (TPSA) is 47.3 Å². The van der Waals surface area contributed by atoms with Gasteiger partial charge in [0.05, 0.1) is 26.9 Å². The van der Waals surface area contributed by atoms with Crippen LogP contribution in [0.5, 0.6) is 17.2 Å². The molecule has 0 radical (unpaired) electrons. The van der Waals surface area contributed by atoms with E-state index in [1.54, 1.807) is 27.4 Å². The van der Waals surface area contributed by atoms with Crippen molar-refractivity contribution >= 4 is 16.7 Å². The summed E-state index contributed by atoms with van der Waals surface area (Å²) >= 11 is 0. The smallest absolute Gasteiger partial charge is 0.416 e. The molecular formula is C29H29F3N2O4. The van der Waals surface area contributed by atoms with Gasteiger partial charge in [-0.3, -0.25) is 4.90 Å². The monoisotopic (exact) mass is 526 g/mol. The lowest BCUT2D eigenvalue weighted by molar-refractivity contribution is -0.137. The van der Waals surface area contributed by atoms with E-state index in [1.807, 2.05) is 36.4 Å². The van der Waals surface area contributed by atoms with Gasteiger partial charge in [0, 0.05) is 55.4 Å². The van der Waals surface area contributed by atoms with E-state index in [0.717, 1.165) is 54.9 Å². The van der Waals surface area contributed by atoms with Crippen LogP contribution in [0, 0.1) is 0 Å². The third-order valence-corrected chi connectivity index (χ3v) is 6.93. The van der Waals surface area contributed by atoms with Gasteiger partial charge in [-0.05, 0) is 42.0 Å². The first-order valence-electron chi connectivity index (χ1n) is 12.3. The van der Waals surface area contributed by atoms with Crippen LogP contribution >= 0.6 is 0 Å². The SMILES string of the molecule is COc1ccc(N2CCN(Cc3ccc(OC)c4oc(-c5cccc(C(F)(F)F)c5)cc34)CC2)cc1OC. The van der Waals surface area contributed by atoms with E-state index >= 15 is 0 Å². The van der Waals surface area contributed by atoms with Gasteiger partial charge >= 0.3 is 6.18 Å². The van der Waals surface area contributed by atoms with Crippen molar-refractivity contribution in [2.75, 3.05) is 52.4 Å². The Balaban J connectivity index is 1.36. The zero-order valence-corrected chi connectivity index (χ0v) is 21.5. The molecule has 0 spiro atoms. The van der Waals surface area contributed by atoms with Crippen molar-refractivity contribution in [3.63, 3.8) is 0 Å². The molecule has 200 valence electrons. The summed E-state index contributed by atoms with van der Waals surface area (Å²) in [5, 5.41) is 0.832. The first-order chi connectivity index (χ1) is 18.3. The number of alkyl halides is 3. The maximum Gasteiger partial charge on any atom is 0.416 e. The third kappa shape index (κ3) is 5.11. The summed E-state index contributed by atoms with van der Waals surface area (Å²) < 4.78 is 62.1. The zero-order chi connectivity index (χ0) is 26.9. The largest absolute Gasteiger partial charge is 0.493 e. The molecule has 0 N–H and O–H groups in total. The minimum absolute atomic E-state index is 0.368. The number of ether oxygens (including phenoxy) is 3. The molecule has 1 saturated heterocycles. The molecule has 3 aromatic carbocycles. The molecule has 1 aliphatic heterocycles. The molecule has 1 aliphatic rings. The number of hydrogen-bond acceptors (Lipinski definition) is 6. The molecule has 0 amide bonds. The average Bonchev–Trinajstić information content (AvgIpc) is 3.39. The Bertz CT molecular complexity index is 1430. The van der Waals surface area contributed by atoms with Gasteiger partial charge in [0.25, 0.3) is 0 Å². The first kappa shape index (κ1) is 25.8. The number of nitrogens with zero attached hydrogens (tertiary/aromatic N) is 2. The van der Waals surface area contributed by atoms with Crippen LogP contribution < -0.4 is 19.1 Å². The fourth-order valence-electron chi connectivity index (χ4n) is 4.87. The lowest BCUT2D eigenvalue weighted by atomic mass is 10.1. The molecule has 1 fully saturated rings. The van der Waals surface area contributed by atoms with Crippen molar-refractivity contribution < 1.29 is 31.8 Å². The fourth-order valence-corrected chi connectivity index (χ4v) is 4.87. The summed E-state index contributed by atoms with van der Waals surface area (Å²) in [6.45, 7) is 4.06. The predicted octanol–water partition coefficient (Wildman–Crippen LogP) is 6.47. The van der Waals surface area contributed by atoms with Crippen LogP contribution in [-0.4, -0.2) is 52.4 Å². The number of methoxy groups -OCH3 is 3. The maximum absolute atomic E-state index is 13.3. The molecule has 2 heterocycles. The summed E-state index contributed by atoms with van der Waals surface area (Å²) in [5.74, 6) is 2.31. The summed E-state index contributed by atoms with van der Waals surface area (Å²) in [6.07, 6.45) is -4.43. The number of benzene rings is 3. The third-order valence-electron chi connectivity index (χ3n) is 6.93. The number of piperazine rings is 1. The number of halogens is 3. The highest BCUT2D eigenvalue weighted by Crippen LogP contribution is 2.38. The number of furan rings is 1. The highest BCUT2D eigenvalue weighted by Gasteiger charge is 2.31. The van der Waals surface area contributed by atoms with Gasteiger partial charge in [-0.25, -0.2) is 0 Å². The second-order valence-electron chi connectivity index (χ2n) is 9.16. The highest BCUT2D eigenvalue weighted by atomic mass is 19.4. The molecule has 1 aromatic heterocycles. The van der Waals surface area contributed by atoms with Gasteiger partial charge < -0.3 is 23.5 Å². The van der Waals surface area contributed by atoms with Gasteiger partial charge in [0.1, 0.15) is 5.76 Å². The Morgan fingerprint density at radius 1 is 0.789 bits per heavy atom. The fraction of sp³-hybridized carbons (Fsp3) is 0.310. The van der Waals surface area contributed by atoms with Crippen molar-refractivity contribution in [2.45, 2.75) is 12.7 Å². The molecular weight excluding hydrogens is 497 g/mol. The standard InChI is InChI=1S/C29H29F3N2O4/c1-35-24-10-8-22(16-27(24)37-3)34-13-11-33(12-14-34)18-20-7-9-25(36-2)28-23(20)17-26(38-28)19-5-4-6-21(15-19)29(30,31)32/h4-10,15-17H,11-14,18H2,1-3H3. The van der Waals surface area contributed by atoms with E-state index in [0.29, 0.717) is 40.7 Å². The van der Waals surface area contributed by atoms with Crippen molar-refractivity contribution in [3.05, 3.63) is 71.8 Å². The van der Waals surface area contributed by atoms with Crippen LogP contribution in [0.3, 0.4) is 0 Å². The minimum atomic E-state index is -4.43. The summed E-state index contributed by atoms with van der Waals surface area (Å²) in [5.41, 5.74) is 2.29. The molecule has 4 aromatic rings. The summed E-state index contributed by atoms with van der Waals surface area (Å²) in [4.78, 5) is 4.67. The van der Waals surface area contributed by atoms with Gasteiger partial charge in [-0.2, -0.15) is 13.2 Å². The van der Waals surface area contributed by atoms with Crippen molar-refractivity contribution in [1.82, 2.24) is 4.90 Å². The van der Waals surface area contributed by atoms with Gasteiger partial charge in [0.2, 0.25) is 0 Å². The van der Waals surface area contributed by atoms with Crippen LogP contribution in [-0.2, 0) is 12.7 Å². The number of hydrogen-bond donors (Lipinski definition) is 0. The van der Waals surface area contributed by atoms with Crippen molar-refractivity contribution in [1.29, 1.82) is 0 Å². The van der Waals surface area contributed by atoms with Crippen LogP contribution in [0.1, 0.15) is 11.1 Å². The van der Waals surface area contributed by atoms with Crippen LogP contribution in [0.4, 0.5) is 18.9 Å². The average molecular weight is 527 g/mol. The zero-order valence-electron chi connectivity index (χ0n) is 21.5. The molecule has 0 unspecified atom stereocenters. The molecule has 0 bridgehead atoms. The normalized spacial score (nSPS) is 14.6. The summed E-state index contributed by atoms with van der Waals surface area (Å²) in [6, 6.07) is 16.8. The molecule has 38 heavy (non-hydrogen) atoms. The lowest BCUT2D eigenvalue weighted by Gasteiger charge is -2.36. The first-order valence-corrected chi connectivity index (χ1v) is 12.3. The Hall–Kier alpha value is -3.85. The number of anilines is 1. The molecule has 6 nitrogen and oxygen atoms in total. The van der Waals surface area contributed by atoms with Crippen LogP contribution in [0.25, 0.3) is 22.3 Å². The summed E-state index contributed by atoms with van der Waals surface area (Å²) in [7, 11) is 4.80. The van der Waals surface area contributed by atoms with E-state index < -0.39 is 11.7 Å². The molecule has 0 aliphatic carbocycles. The van der Waals surface area contributed by atoms with Gasteiger partial charge in [0.15, 0.2) is 22.8 Å². The van der Waals surface area contributed by atoms with E-state index in [4.69, 9.17) is 18.6 Å². The van der Waals surface area contributed by atoms with Crippen molar-refractivity contribution in [3.8, 4) is 28.6 Å². The van der Waals surface area contributed by atoms with E-state index in [9.17, 15) is 13.2 Å². The van der Waals surface area contributed by atoms with E-state index in [1.165, 1.54) is 6.07 Å². The molecule has 9 heteroatoms. The van der Waals surface area contributed by atoms with E-state index in [-0.39, 0.29) is 0 Å². The molecule has 0 saturated carbocycles. The Morgan fingerprint density at radius 3 is 2.18 bits per heavy atom. The Labute approximate surface area is 219 Å². The Morgan fingerprint density at radius 2 is 1.50 bits per heavy atom. The highest BCUT2D eigenvalue weighted by molar-refractivity contribution is 5.90. The van der Waals surface area contributed by atoms with Crippen LogP contribution in [0.15, 0.2) is 65.1 Å². The van der Waals surface area contributed by atoms with Crippen LogP contribution in [0.2, 0.25) is 0 Å². The van der Waals surface area contributed by atoms with Gasteiger partial charge in [-0.15, -0.1) is 0 Å². The predicted molar refractivity (Wildman–Crippen MR) is 140 cm³/mol. The Kier molecular flexibility index (Phi) is 7.12. The van der Waals surface area contributed by atoms with E-state index in [2.05, 4.69) is 9.80 Å².